The lowest BCUT2D eigenvalue weighted by Crippen LogP contribution is -1.94. The second kappa shape index (κ2) is 11.6. The third-order valence-electron chi connectivity index (χ3n) is 7.91. The summed E-state index contributed by atoms with van der Waals surface area (Å²) in [6, 6.07) is 50.1. The van der Waals surface area contributed by atoms with E-state index in [2.05, 4.69) is 131 Å². The molecule has 44 heavy (non-hydrogen) atoms. The summed E-state index contributed by atoms with van der Waals surface area (Å²) in [5.41, 5.74) is 11.7. The molecular formula is C40H26N2S2. The van der Waals surface area contributed by atoms with E-state index < -0.39 is 0 Å². The normalized spacial score (nSPS) is 11.9. The van der Waals surface area contributed by atoms with Gasteiger partial charge in [-0.25, -0.2) is 0 Å². The van der Waals surface area contributed by atoms with Crippen LogP contribution in [0.2, 0.25) is 0 Å². The number of benzene rings is 5. The predicted molar refractivity (Wildman–Crippen MR) is 184 cm³/mol. The molecule has 3 heterocycles. The van der Waals surface area contributed by atoms with Crippen LogP contribution in [0.25, 0.3) is 55.8 Å². The number of pyridine rings is 2. The van der Waals surface area contributed by atoms with Crippen LogP contribution in [0.5, 0.6) is 0 Å². The average molecular weight is 599 g/mol. The summed E-state index contributed by atoms with van der Waals surface area (Å²) >= 11 is 3.68. The van der Waals surface area contributed by atoms with Crippen LogP contribution in [0, 0.1) is 0 Å². The molecule has 7 aromatic rings. The van der Waals surface area contributed by atoms with Crippen molar-refractivity contribution in [2.24, 2.45) is 0 Å². The van der Waals surface area contributed by atoms with Gasteiger partial charge in [-0.15, -0.1) is 0 Å². The Kier molecular flexibility index (Phi) is 7.07. The molecule has 1 aliphatic heterocycles. The minimum Gasteiger partial charge on any atom is -0.264 e. The lowest BCUT2D eigenvalue weighted by molar-refractivity contribution is 1.29. The number of hydrogen-bond acceptors (Lipinski definition) is 4. The molecule has 0 radical (unpaired) electrons. The maximum absolute atomic E-state index is 4.66. The van der Waals surface area contributed by atoms with Gasteiger partial charge in [0.25, 0.3) is 0 Å². The first kappa shape index (κ1) is 26.7. The van der Waals surface area contributed by atoms with E-state index in [0.29, 0.717) is 0 Å². The summed E-state index contributed by atoms with van der Waals surface area (Å²) in [5, 5.41) is 0. The Morgan fingerprint density at radius 2 is 0.932 bits per heavy atom. The Morgan fingerprint density at radius 3 is 1.61 bits per heavy atom. The van der Waals surface area contributed by atoms with E-state index in [1.165, 1.54) is 53.0 Å². The zero-order valence-electron chi connectivity index (χ0n) is 23.7. The van der Waals surface area contributed by atoms with E-state index >= 15 is 0 Å². The first-order valence-corrected chi connectivity index (χ1v) is 16.2. The van der Waals surface area contributed by atoms with E-state index in [-0.39, 0.29) is 0 Å². The van der Waals surface area contributed by atoms with Crippen LogP contribution >= 0.6 is 23.5 Å². The summed E-state index contributed by atoms with van der Waals surface area (Å²) < 4.78 is 0. The molecule has 5 aromatic carbocycles. The van der Waals surface area contributed by atoms with E-state index in [1.54, 1.807) is 0 Å². The van der Waals surface area contributed by atoms with E-state index in [1.807, 2.05) is 60.3 Å². The third kappa shape index (κ3) is 5.13. The van der Waals surface area contributed by atoms with Gasteiger partial charge in [0.15, 0.2) is 0 Å². The molecule has 0 aliphatic carbocycles. The van der Waals surface area contributed by atoms with Crippen LogP contribution in [-0.2, 0) is 0 Å². The molecule has 2 aromatic heterocycles. The second-order valence-electron chi connectivity index (χ2n) is 10.7. The van der Waals surface area contributed by atoms with Gasteiger partial charge >= 0.3 is 0 Å². The topological polar surface area (TPSA) is 25.8 Å². The zero-order valence-corrected chi connectivity index (χ0v) is 25.4. The maximum atomic E-state index is 4.66. The van der Waals surface area contributed by atoms with Crippen LogP contribution in [0.1, 0.15) is 0 Å². The number of hydrogen-bond donors (Lipinski definition) is 0. The molecule has 8 rings (SSSR count). The second-order valence-corrected chi connectivity index (χ2v) is 12.8. The number of nitrogens with zero attached hydrogens (tertiary/aromatic N) is 2. The van der Waals surface area contributed by atoms with Crippen molar-refractivity contribution in [2.75, 3.05) is 0 Å². The molecule has 0 unspecified atom stereocenters. The first-order chi connectivity index (χ1) is 21.8. The van der Waals surface area contributed by atoms with Crippen molar-refractivity contribution in [3.8, 4) is 55.8 Å². The van der Waals surface area contributed by atoms with Crippen LogP contribution < -0.4 is 0 Å². The molecule has 0 amide bonds. The third-order valence-corrected chi connectivity index (χ3v) is 10.2. The minimum absolute atomic E-state index is 0.974. The van der Waals surface area contributed by atoms with Gasteiger partial charge in [0, 0.05) is 49.3 Å². The smallest absolute Gasteiger partial charge is 0.0702 e. The molecule has 0 fully saturated rings. The molecule has 0 atom stereocenters. The Bertz CT molecular complexity index is 2120. The van der Waals surface area contributed by atoms with Crippen molar-refractivity contribution in [1.29, 1.82) is 0 Å². The fourth-order valence-corrected chi connectivity index (χ4v) is 8.03. The largest absolute Gasteiger partial charge is 0.264 e. The maximum Gasteiger partial charge on any atom is 0.0702 e. The SMILES string of the molecule is c1ccc(-c2ccc3c(c2)Sc2cc(-c4cccc(-c5cccnc5)c4)ccc2-c2ccccc2Sc2ccccc2-3)nc1. The van der Waals surface area contributed by atoms with E-state index in [9.17, 15) is 0 Å². The highest BCUT2D eigenvalue weighted by molar-refractivity contribution is 8.00. The first-order valence-electron chi connectivity index (χ1n) is 14.5. The highest BCUT2D eigenvalue weighted by atomic mass is 32.2. The summed E-state index contributed by atoms with van der Waals surface area (Å²) in [6.07, 6.45) is 5.60. The molecule has 208 valence electrons. The van der Waals surface area contributed by atoms with Crippen molar-refractivity contribution in [3.05, 3.63) is 158 Å². The van der Waals surface area contributed by atoms with Crippen molar-refractivity contribution in [3.63, 3.8) is 0 Å². The van der Waals surface area contributed by atoms with Crippen LogP contribution in [-0.4, -0.2) is 9.97 Å². The van der Waals surface area contributed by atoms with Gasteiger partial charge in [-0.2, -0.15) is 0 Å². The van der Waals surface area contributed by atoms with Gasteiger partial charge in [0.1, 0.15) is 0 Å². The molecule has 4 heteroatoms. The Hall–Kier alpha value is -4.90. The quantitative estimate of drug-likeness (QED) is 0.202. The molecular weight excluding hydrogens is 573 g/mol. The van der Waals surface area contributed by atoms with Gasteiger partial charge in [0.2, 0.25) is 0 Å². The van der Waals surface area contributed by atoms with E-state index in [0.717, 1.165) is 22.4 Å². The zero-order chi connectivity index (χ0) is 29.3. The number of aromatic nitrogens is 2. The van der Waals surface area contributed by atoms with Crippen molar-refractivity contribution < 1.29 is 0 Å². The van der Waals surface area contributed by atoms with Crippen molar-refractivity contribution in [2.45, 2.75) is 19.6 Å². The summed E-state index contributed by atoms with van der Waals surface area (Å²) in [5.74, 6) is 0. The molecule has 2 nitrogen and oxygen atoms in total. The fraction of sp³-hybridized carbons (Fsp3) is 0. The highest BCUT2D eigenvalue weighted by Gasteiger charge is 2.20. The summed E-state index contributed by atoms with van der Waals surface area (Å²) in [4.78, 5) is 13.9. The van der Waals surface area contributed by atoms with Crippen LogP contribution in [0.4, 0.5) is 0 Å². The van der Waals surface area contributed by atoms with Gasteiger partial charge in [0.05, 0.1) is 5.69 Å². The molecule has 0 spiro atoms. The van der Waals surface area contributed by atoms with Crippen molar-refractivity contribution >= 4 is 23.5 Å². The highest BCUT2D eigenvalue weighted by Crippen LogP contribution is 2.49. The average Bonchev–Trinajstić information content (AvgIpc) is 3.10. The molecule has 0 N–H and O–H groups in total. The van der Waals surface area contributed by atoms with Gasteiger partial charge in [-0.1, -0.05) is 115 Å². The van der Waals surface area contributed by atoms with Crippen molar-refractivity contribution in [1.82, 2.24) is 9.97 Å². The van der Waals surface area contributed by atoms with Gasteiger partial charge < -0.3 is 0 Å². The Balaban J connectivity index is 1.33. The lowest BCUT2D eigenvalue weighted by Gasteiger charge is -2.21. The predicted octanol–water partition coefficient (Wildman–Crippen LogP) is 11.4. The fourth-order valence-electron chi connectivity index (χ4n) is 5.74. The lowest BCUT2D eigenvalue weighted by atomic mass is 9.97. The molecule has 1 aliphatic rings. The Labute approximate surface area is 265 Å². The molecule has 0 bridgehead atoms. The van der Waals surface area contributed by atoms with E-state index in [4.69, 9.17) is 0 Å². The monoisotopic (exact) mass is 598 g/mol. The minimum atomic E-state index is 0.974. The summed E-state index contributed by atoms with van der Waals surface area (Å²) in [6.45, 7) is 0. The summed E-state index contributed by atoms with van der Waals surface area (Å²) in [7, 11) is 0. The van der Waals surface area contributed by atoms with Gasteiger partial charge in [-0.05, 0) is 87.5 Å². The molecule has 0 saturated heterocycles. The Morgan fingerprint density at radius 1 is 0.364 bits per heavy atom. The number of rotatable bonds is 3. The standard InChI is InChI=1S/C40H26N2S2/c1-3-15-37-32(12-1)34-19-17-29(27-9-7-10-28(23-27)31-11-8-21-41-26-31)24-39(34)44-40-25-30(36-14-5-6-22-42-36)18-20-35(40)33-13-2-4-16-38(33)43-37/h1-26H. The number of fused-ring (bicyclic) bond motifs is 6. The van der Waals surface area contributed by atoms with Gasteiger partial charge in [-0.3, -0.25) is 9.97 Å². The van der Waals surface area contributed by atoms with Crippen LogP contribution in [0.15, 0.2) is 178 Å². The van der Waals surface area contributed by atoms with Crippen LogP contribution in [0.3, 0.4) is 0 Å². The molecule has 0 saturated carbocycles.